The van der Waals surface area contributed by atoms with Crippen molar-refractivity contribution in [3.8, 4) is 17.2 Å². The summed E-state index contributed by atoms with van der Waals surface area (Å²) in [6.07, 6.45) is 3.54. The molecule has 0 saturated heterocycles. The molecule has 0 aliphatic carbocycles. The van der Waals surface area contributed by atoms with Crippen LogP contribution in [-0.2, 0) is 6.54 Å². The zero-order valence-corrected chi connectivity index (χ0v) is 11.5. The van der Waals surface area contributed by atoms with Crippen LogP contribution in [0.5, 0.6) is 17.2 Å². The second-order valence-corrected chi connectivity index (χ2v) is 4.29. The predicted molar refractivity (Wildman–Crippen MR) is 73.6 cm³/mol. The van der Waals surface area contributed by atoms with Crippen LogP contribution in [0.15, 0.2) is 30.6 Å². The van der Waals surface area contributed by atoms with E-state index >= 15 is 0 Å². The van der Waals surface area contributed by atoms with Crippen LogP contribution in [0, 0.1) is 0 Å². The maximum Gasteiger partial charge on any atom is 0.165 e. The number of aromatic nitrogens is 2. The van der Waals surface area contributed by atoms with Crippen LogP contribution in [0.2, 0.25) is 0 Å². The van der Waals surface area contributed by atoms with E-state index in [2.05, 4.69) is 5.10 Å². The predicted octanol–water partition coefficient (Wildman–Crippen LogP) is 2.72. The highest BCUT2D eigenvalue weighted by Crippen LogP contribution is 2.35. The second kappa shape index (κ2) is 5.75. The Bertz CT molecular complexity index is 549. The number of benzene rings is 1. The molecule has 5 heteroatoms. The number of nitrogens with two attached hydrogens (primary N) is 1. The SMILES string of the molecule is CCn1cc(Oc2cccc(OC)c2[C@@H](C)N)cn1. The Hall–Kier alpha value is -2.01. The summed E-state index contributed by atoms with van der Waals surface area (Å²) in [6, 6.07) is 5.46. The largest absolute Gasteiger partial charge is 0.496 e. The standard InChI is InChI=1S/C14H19N3O2/c1-4-17-9-11(8-16-17)19-13-7-5-6-12(18-3)14(13)10(2)15/h5-10H,4,15H2,1-3H3/t10-/m1/s1. The molecule has 102 valence electrons. The number of aryl methyl sites for hydroxylation is 1. The first kappa shape index (κ1) is 13.4. The zero-order chi connectivity index (χ0) is 13.8. The van der Waals surface area contributed by atoms with Crippen LogP contribution < -0.4 is 15.2 Å². The van der Waals surface area contributed by atoms with Gasteiger partial charge in [-0.15, -0.1) is 0 Å². The summed E-state index contributed by atoms with van der Waals surface area (Å²) >= 11 is 0. The van der Waals surface area contributed by atoms with Crippen LogP contribution in [0.1, 0.15) is 25.5 Å². The van der Waals surface area contributed by atoms with Gasteiger partial charge in [-0.05, 0) is 26.0 Å². The fourth-order valence-corrected chi connectivity index (χ4v) is 1.94. The van der Waals surface area contributed by atoms with E-state index < -0.39 is 0 Å². The molecule has 0 amide bonds. The molecular weight excluding hydrogens is 242 g/mol. The first-order valence-electron chi connectivity index (χ1n) is 6.28. The number of methoxy groups -OCH3 is 1. The highest BCUT2D eigenvalue weighted by molar-refractivity contribution is 5.48. The fraction of sp³-hybridized carbons (Fsp3) is 0.357. The summed E-state index contributed by atoms with van der Waals surface area (Å²) in [5.74, 6) is 2.12. The second-order valence-electron chi connectivity index (χ2n) is 4.29. The molecule has 2 aromatic rings. The molecule has 1 aromatic heterocycles. The molecule has 0 unspecified atom stereocenters. The monoisotopic (exact) mass is 261 g/mol. The van der Waals surface area contributed by atoms with Crippen molar-refractivity contribution in [3.05, 3.63) is 36.2 Å². The molecule has 0 fully saturated rings. The summed E-state index contributed by atoms with van der Waals surface area (Å²) < 4.78 is 13.0. The molecule has 0 aliphatic rings. The van der Waals surface area contributed by atoms with Gasteiger partial charge in [-0.2, -0.15) is 5.10 Å². The van der Waals surface area contributed by atoms with Crippen LogP contribution in [-0.4, -0.2) is 16.9 Å². The third-order valence-corrected chi connectivity index (χ3v) is 2.86. The lowest BCUT2D eigenvalue weighted by molar-refractivity contribution is 0.397. The number of rotatable bonds is 5. The lowest BCUT2D eigenvalue weighted by atomic mass is 10.1. The minimum absolute atomic E-state index is 0.174. The molecule has 1 atom stereocenters. The first-order chi connectivity index (χ1) is 9.15. The average molecular weight is 261 g/mol. The van der Waals surface area contributed by atoms with Crippen LogP contribution >= 0.6 is 0 Å². The van der Waals surface area contributed by atoms with Crippen LogP contribution in [0.4, 0.5) is 0 Å². The van der Waals surface area contributed by atoms with E-state index in [1.54, 1.807) is 18.0 Å². The molecule has 0 radical (unpaired) electrons. The van der Waals surface area contributed by atoms with Gasteiger partial charge in [0.1, 0.15) is 11.5 Å². The third kappa shape index (κ3) is 2.88. The zero-order valence-electron chi connectivity index (χ0n) is 11.5. The van der Waals surface area contributed by atoms with Crippen molar-refractivity contribution in [2.45, 2.75) is 26.4 Å². The van der Waals surface area contributed by atoms with Crippen molar-refractivity contribution in [1.82, 2.24) is 9.78 Å². The smallest absolute Gasteiger partial charge is 0.165 e. The Kier molecular flexibility index (Phi) is 4.06. The Morgan fingerprint density at radius 3 is 2.68 bits per heavy atom. The molecule has 0 spiro atoms. The van der Waals surface area contributed by atoms with E-state index in [-0.39, 0.29) is 6.04 Å². The van der Waals surface area contributed by atoms with Gasteiger partial charge in [0, 0.05) is 12.6 Å². The van der Waals surface area contributed by atoms with Crippen molar-refractivity contribution < 1.29 is 9.47 Å². The van der Waals surface area contributed by atoms with Gasteiger partial charge in [0.15, 0.2) is 5.75 Å². The molecule has 2 N–H and O–H groups in total. The molecule has 19 heavy (non-hydrogen) atoms. The highest BCUT2D eigenvalue weighted by Gasteiger charge is 2.15. The number of hydrogen-bond donors (Lipinski definition) is 1. The maximum atomic E-state index is 6.00. The van der Waals surface area contributed by atoms with Crippen molar-refractivity contribution in [2.24, 2.45) is 5.73 Å². The minimum Gasteiger partial charge on any atom is -0.496 e. The Labute approximate surface area is 112 Å². The van der Waals surface area contributed by atoms with Gasteiger partial charge in [0.2, 0.25) is 0 Å². The number of ether oxygens (including phenoxy) is 2. The average Bonchev–Trinajstić information content (AvgIpc) is 2.85. The molecule has 1 heterocycles. The van der Waals surface area contributed by atoms with Gasteiger partial charge in [-0.3, -0.25) is 4.68 Å². The molecule has 0 aliphatic heterocycles. The van der Waals surface area contributed by atoms with E-state index in [4.69, 9.17) is 15.2 Å². The Balaban J connectivity index is 2.33. The third-order valence-electron chi connectivity index (χ3n) is 2.86. The molecule has 0 bridgehead atoms. The summed E-state index contributed by atoms with van der Waals surface area (Å²) in [6.45, 7) is 4.73. The molecule has 5 nitrogen and oxygen atoms in total. The van der Waals surface area contributed by atoms with E-state index in [1.807, 2.05) is 38.2 Å². The summed E-state index contributed by atoms with van der Waals surface area (Å²) in [5, 5.41) is 4.18. The normalized spacial score (nSPS) is 12.2. The Morgan fingerprint density at radius 2 is 2.11 bits per heavy atom. The van der Waals surface area contributed by atoms with Gasteiger partial charge in [0.25, 0.3) is 0 Å². The Morgan fingerprint density at radius 1 is 1.37 bits per heavy atom. The van der Waals surface area contributed by atoms with Crippen LogP contribution in [0.3, 0.4) is 0 Å². The summed E-state index contributed by atoms with van der Waals surface area (Å²) in [7, 11) is 1.63. The summed E-state index contributed by atoms with van der Waals surface area (Å²) in [5.41, 5.74) is 6.85. The highest BCUT2D eigenvalue weighted by atomic mass is 16.5. The summed E-state index contributed by atoms with van der Waals surface area (Å²) in [4.78, 5) is 0. The first-order valence-corrected chi connectivity index (χ1v) is 6.28. The van der Waals surface area contributed by atoms with Gasteiger partial charge in [-0.25, -0.2) is 0 Å². The van der Waals surface area contributed by atoms with Gasteiger partial charge in [0.05, 0.1) is 25.1 Å². The van der Waals surface area contributed by atoms with Crippen molar-refractivity contribution in [3.63, 3.8) is 0 Å². The van der Waals surface area contributed by atoms with E-state index in [0.29, 0.717) is 11.5 Å². The molecular formula is C14H19N3O2. The lowest BCUT2D eigenvalue weighted by Crippen LogP contribution is -2.08. The van der Waals surface area contributed by atoms with Gasteiger partial charge >= 0.3 is 0 Å². The maximum absolute atomic E-state index is 6.00. The van der Waals surface area contributed by atoms with Gasteiger partial charge in [-0.1, -0.05) is 6.07 Å². The van der Waals surface area contributed by atoms with Gasteiger partial charge < -0.3 is 15.2 Å². The topological polar surface area (TPSA) is 62.3 Å². The minimum atomic E-state index is -0.174. The fourth-order valence-electron chi connectivity index (χ4n) is 1.94. The molecule has 0 saturated carbocycles. The quantitative estimate of drug-likeness (QED) is 0.899. The molecule has 2 rings (SSSR count). The lowest BCUT2D eigenvalue weighted by Gasteiger charge is -2.16. The number of hydrogen-bond acceptors (Lipinski definition) is 4. The van der Waals surface area contributed by atoms with E-state index in [0.717, 1.165) is 17.9 Å². The van der Waals surface area contributed by atoms with Crippen molar-refractivity contribution in [2.75, 3.05) is 7.11 Å². The molecule has 1 aromatic carbocycles. The van der Waals surface area contributed by atoms with Crippen molar-refractivity contribution >= 4 is 0 Å². The van der Waals surface area contributed by atoms with E-state index in [9.17, 15) is 0 Å². The van der Waals surface area contributed by atoms with E-state index in [1.165, 1.54) is 0 Å². The van der Waals surface area contributed by atoms with Crippen molar-refractivity contribution in [1.29, 1.82) is 0 Å². The number of nitrogens with zero attached hydrogens (tertiary/aromatic N) is 2. The van der Waals surface area contributed by atoms with Crippen LogP contribution in [0.25, 0.3) is 0 Å².